The fraction of sp³-hybridized carbons (Fsp3) is 0.150. The number of hydrogen-bond donors (Lipinski definition) is 2. The minimum absolute atomic E-state index is 0.0388. The van der Waals surface area contributed by atoms with Crippen LogP contribution in [-0.4, -0.2) is 46.0 Å². The van der Waals surface area contributed by atoms with Gasteiger partial charge in [-0.05, 0) is 42.8 Å². The lowest BCUT2D eigenvalue weighted by Crippen LogP contribution is -2.09. The van der Waals surface area contributed by atoms with Crippen molar-refractivity contribution in [2.75, 3.05) is 24.9 Å². The molecule has 0 amide bonds. The first-order valence-corrected chi connectivity index (χ1v) is 9.10. The van der Waals surface area contributed by atoms with Crippen LogP contribution in [0.5, 0.6) is 0 Å². The molecule has 2 heterocycles. The summed E-state index contributed by atoms with van der Waals surface area (Å²) >= 11 is 0. The summed E-state index contributed by atoms with van der Waals surface area (Å²) < 4.78 is 9.39. The lowest BCUT2D eigenvalue weighted by atomic mass is 10.1. The Bertz CT molecular complexity index is 1160. The van der Waals surface area contributed by atoms with Crippen LogP contribution in [0, 0.1) is 17.0 Å². The van der Waals surface area contributed by atoms with Gasteiger partial charge in [-0.25, -0.2) is 24.5 Å². The van der Waals surface area contributed by atoms with Crippen molar-refractivity contribution < 1.29 is 24.0 Å². The normalized spacial score (nSPS) is 10.2. The first-order chi connectivity index (χ1) is 15.3. The van der Waals surface area contributed by atoms with Crippen LogP contribution in [0.15, 0.2) is 42.9 Å². The molecule has 164 valence electrons. The van der Waals surface area contributed by atoms with Gasteiger partial charge in [-0.1, -0.05) is 0 Å². The highest BCUT2D eigenvalue weighted by Gasteiger charge is 2.24. The van der Waals surface area contributed by atoms with Crippen molar-refractivity contribution >= 4 is 40.8 Å². The molecular formula is C20H18N6O6. The molecule has 0 atom stereocenters. The van der Waals surface area contributed by atoms with Gasteiger partial charge in [-0.2, -0.15) is 0 Å². The molecule has 0 fully saturated rings. The van der Waals surface area contributed by atoms with E-state index < -0.39 is 22.5 Å². The Morgan fingerprint density at radius 1 is 0.938 bits per heavy atom. The third-order valence-electron chi connectivity index (χ3n) is 4.20. The van der Waals surface area contributed by atoms with E-state index in [4.69, 9.17) is 9.47 Å². The lowest BCUT2D eigenvalue weighted by Gasteiger charge is -2.12. The second kappa shape index (κ2) is 9.47. The Kier molecular flexibility index (Phi) is 6.53. The molecule has 0 aliphatic carbocycles. The van der Waals surface area contributed by atoms with Crippen molar-refractivity contribution in [1.82, 2.24) is 15.0 Å². The van der Waals surface area contributed by atoms with Gasteiger partial charge in [0.15, 0.2) is 0 Å². The Morgan fingerprint density at radius 2 is 1.53 bits per heavy atom. The number of hydrogen-bond acceptors (Lipinski definition) is 11. The molecule has 0 aliphatic heterocycles. The van der Waals surface area contributed by atoms with Gasteiger partial charge in [0.2, 0.25) is 11.6 Å². The van der Waals surface area contributed by atoms with Crippen molar-refractivity contribution in [2.24, 2.45) is 0 Å². The zero-order chi connectivity index (χ0) is 23.3. The predicted octanol–water partition coefficient (Wildman–Crippen LogP) is 3.15. The highest BCUT2D eigenvalue weighted by Crippen LogP contribution is 2.33. The molecule has 0 bridgehead atoms. The van der Waals surface area contributed by atoms with Gasteiger partial charge in [0.1, 0.15) is 12.1 Å². The number of ether oxygens (including phenoxy) is 2. The number of rotatable bonds is 7. The van der Waals surface area contributed by atoms with Crippen molar-refractivity contribution in [3.63, 3.8) is 0 Å². The smallest absolute Gasteiger partial charge is 0.353 e. The maximum atomic E-state index is 12.0. The third kappa shape index (κ3) is 4.92. The van der Waals surface area contributed by atoms with Crippen LogP contribution in [0.1, 0.15) is 26.3 Å². The van der Waals surface area contributed by atoms with E-state index >= 15 is 0 Å². The molecule has 3 rings (SSSR count). The van der Waals surface area contributed by atoms with Gasteiger partial charge < -0.3 is 20.1 Å². The van der Waals surface area contributed by atoms with E-state index in [0.717, 1.165) is 11.9 Å². The molecule has 12 nitrogen and oxygen atoms in total. The fourth-order valence-electron chi connectivity index (χ4n) is 2.77. The summed E-state index contributed by atoms with van der Waals surface area (Å²) in [5.41, 5.74) is 0.690. The minimum Gasteiger partial charge on any atom is -0.465 e. The molecule has 2 N–H and O–H groups in total. The van der Waals surface area contributed by atoms with E-state index in [1.807, 2.05) is 6.92 Å². The van der Waals surface area contributed by atoms with Crippen LogP contribution in [0.2, 0.25) is 0 Å². The van der Waals surface area contributed by atoms with E-state index in [0.29, 0.717) is 5.82 Å². The van der Waals surface area contributed by atoms with Crippen molar-refractivity contribution in [3.05, 3.63) is 69.7 Å². The summed E-state index contributed by atoms with van der Waals surface area (Å²) in [6.07, 6.45) is 2.68. The number of carbonyl (C=O) groups excluding carboxylic acids is 2. The number of pyridine rings is 1. The largest absolute Gasteiger partial charge is 0.465 e. The van der Waals surface area contributed by atoms with Gasteiger partial charge in [-0.15, -0.1) is 0 Å². The SMILES string of the molecule is COC(=O)c1cc(Nc2ncnc(Nc3cc(C)ccn3)c2[N+](=O)[O-])cc(C(=O)OC)c1. The first-order valence-electron chi connectivity index (χ1n) is 9.10. The highest BCUT2D eigenvalue weighted by atomic mass is 16.6. The molecule has 1 aromatic carbocycles. The van der Waals surface area contributed by atoms with E-state index in [2.05, 4.69) is 25.6 Å². The predicted molar refractivity (Wildman–Crippen MR) is 113 cm³/mol. The molecule has 0 radical (unpaired) electrons. The molecule has 2 aromatic heterocycles. The molecule has 32 heavy (non-hydrogen) atoms. The summed E-state index contributed by atoms with van der Waals surface area (Å²) in [6.45, 7) is 1.85. The number of nitrogens with zero attached hydrogens (tertiary/aromatic N) is 4. The summed E-state index contributed by atoms with van der Waals surface area (Å²) in [5, 5.41) is 17.4. The number of aryl methyl sites for hydroxylation is 1. The molecule has 0 saturated heterocycles. The number of anilines is 4. The zero-order valence-corrected chi connectivity index (χ0v) is 17.3. The van der Waals surface area contributed by atoms with Crippen LogP contribution < -0.4 is 10.6 Å². The van der Waals surface area contributed by atoms with Gasteiger partial charge in [0.05, 0.1) is 30.3 Å². The highest BCUT2D eigenvalue weighted by molar-refractivity contribution is 5.97. The van der Waals surface area contributed by atoms with Crippen LogP contribution in [0.4, 0.5) is 28.8 Å². The van der Waals surface area contributed by atoms with Gasteiger partial charge in [0, 0.05) is 11.9 Å². The van der Waals surface area contributed by atoms with Crippen LogP contribution in [0.25, 0.3) is 0 Å². The van der Waals surface area contributed by atoms with Crippen LogP contribution >= 0.6 is 0 Å². The van der Waals surface area contributed by atoms with E-state index in [1.54, 1.807) is 18.3 Å². The van der Waals surface area contributed by atoms with Crippen LogP contribution in [-0.2, 0) is 9.47 Å². The molecule has 3 aromatic rings. The Hall–Kier alpha value is -4.61. The number of benzene rings is 1. The number of carbonyl (C=O) groups is 2. The quantitative estimate of drug-likeness (QED) is 0.317. The number of nitro groups is 1. The van der Waals surface area contributed by atoms with Crippen molar-refractivity contribution in [3.8, 4) is 0 Å². The monoisotopic (exact) mass is 438 g/mol. The number of methoxy groups -OCH3 is 2. The number of esters is 2. The average Bonchev–Trinajstić information content (AvgIpc) is 2.77. The summed E-state index contributed by atoms with van der Waals surface area (Å²) in [7, 11) is 2.37. The molecule has 12 heteroatoms. The Labute approximate surface area is 181 Å². The van der Waals surface area contributed by atoms with Gasteiger partial charge >= 0.3 is 17.6 Å². The summed E-state index contributed by atoms with van der Waals surface area (Å²) in [5.74, 6) is -1.31. The van der Waals surface area contributed by atoms with E-state index in [9.17, 15) is 19.7 Å². The Balaban J connectivity index is 2.04. The maximum Gasteiger partial charge on any atom is 0.353 e. The number of nitrogens with one attached hydrogen (secondary N) is 2. The average molecular weight is 438 g/mol. The molecule has 0 unspecified atom stereocenters. The standard InChI is InChI=1S/C20H18N6O6/c1-11-4-5-21-15(6-11)25-18-16(26(29)30)17(22-10-23-18)24-14-8-12(19(27)31-2)7-13(9-14)20(28)32-3/h4-10H,1-3H3,(H2,21,22,23,24,25). The Morgan fingerprint density at radius 3 is 2.06 bits per heavy atom. The molecule has 0 aliphatic rings. The second-order valence-electron chi connectivity index (χ2n) is 6.43. The van der Waals surface area contributed by atoms with Gasteiger partial charge in [-0.3, -0.25) is 10.1 Å². The maximum absolute atomic E-state index is 12.0. The van der Waals surface area contributed by atoms with Crippen LogP contribution in [0.3, 0.4) is 0 Å². The topological polar surface area (TPSA) is 158 Å². The third-order valence-corrected chi connectivity index (χ3v) is 4.20. The summed E-state index contributed by atoms with van der Waals surface area (Å²) in [4.78, 5) is 47.1. The van der Waals surface area contributed by atoms with E-state index in [-0.39, 0.29) is 28.5 Å². The second-order valence-corrected chi connectivity index (χ2v) is 6.43. The van der Waals surface area contributed by atoms with Gasteiger partial charge in [0.25, 0.3) is 0 Å². The molecular weight excluding hydrogens is 420 g/mol. The minimum atomic E-state index is -0.705. The molecule has 0 saturated carbocycles. The zero-order valence-electron chi connectivity index (χ0n) is 17.3. The van der Waals surface area contributed by atoms with E-state index in [1.165, 1.54) is 32.4 Å². The van der Waals surface area contributed by atoms with Crippen molar-refractivity contribution in [2.45, 2.75) is 6.92 Å². The van der Waals surface area contributed by atoms with Crippen molar-refractivity contribution in [1.29, 1.82) is 0 Å². The lowest BCUT2D eigenvalue weighted by molar-refractivity contribution is -0.383. The molecule has 0 spiro atoms. The number of aromatic nitrogens is 3. The first kappa shape index (κ1) is 22.1. The summed E-state index contributed by atoms with van der Waals surface area (Å²) in [6, 6.07) is 7.48. The fourth-order valence-corrected chi connectivity index (χ4v) is 2.77.